The highest BCUT2D eigenvalue weighted by Gasteiger charge is 2.22. The molecule has 1 aliphatic carbocycles. The fourth-order valence-corrected chi connectivity index (χ4v) is 4.71. The summed E-state index contributed by atoms with van der Waals surface area (Å²) in [5, 5.41) is 10.5. The lowest BCUT2D eigenvalue weighted by Gasteiger charge is -2.28. The van der Waals surface area contributed by atoms with Gasteiger partial charge in [0.2, 0.25) is 0 Å². The van der Waals surface area contributed by atoms with Gasteiger partial charge in [-0.15, -0.1) is 0 Å². The number of hydrogen-bond acceptors (Lipinski definition) is 1. The van der Waals surface area contributed by atoms with Gasteiger partial charge in [0, 0.05) is 10.9 Å². The average molecular weight is 422 g/mol. The molecule has 0 spiro atoms. The zero-order valence-corrected chi connectivity index (χ0v) is 18.6. The van der Waals surface area contributed by atoms with Crippen molar-refractivity contribution in [2.75, 3.05) is 0 Å². The second kappa shape index (κ2) is 10.3. The Bertz CT molecular complexity index is 1210. The van der Waals surface area contributed by atoms with Gasteiger partial charge in [-0.1, -0.05) is 48.3 Å². The average Bonchev–Trinajstić information content (AvgIpc) is 2.84. The van der Waals surface area contributed by atoms with Crippen LogP contribution < -0.4 is 0 Å². The molecule has 0 saturated heterocycles. The highest BCUT2D eigenvalue weighted by Crippen LogP contribution is 2.38. The van der Waals surface area contributed by atoms with E-state index in [4.69, 9.17) is 5.26 Å². The van der Waals surface area contributed by atoms with Crippen LogP contribution >= 0.6 is 0 Å². The van der Waals surface area contributed by atoms with Crippen molar-refractivity contribution in [3.63, 3.8) is 0 Å². The molecule has 0 aliphatic heterocycles. The largest absolute Gasteiger partial charge is 0.205 e. The maximum absolute atomic E-state index is 15.1. The highest BCUT2D eigenvalue weighted by molar-refractivity contribution is 5.85. The Morgan fingerprint density at radius 3 is 2.41 bits per heavy atom. The number of nitriles is 1. The number of fused-ring (bicyclic) bond motifs is 1. The molecular weight excluding hydrogens is 393 g/mol. The quantitative estimate of drug-likeness (QED) is 0.310. The van der Waals surface area contributed by atoms with E-state index in [1.807, 2.05) is 12.1 Å². The van der Waals surface area contributed by atoms with Gasteiger partial charge in [0.25, 0.3) is 0 Å². The van der Waals surface area contributed by atoms with Crippen molar-refractivity contribution < 1.29 is 4.39 Å². The molecule has 0 unspecified atom stereocenters. The number of allylic oxidation sites excluding steroid dienone is 2. The number of rotatable bonds is 4. The molecule has 1 aliphatic rings. The fourth-order valence-electron chi connectivity index (χ4n) is 4.71. The summed E-state index contributed by atoms with van der Waals surface area (Å²) in [6.45, 7) is 2.09. The molecule has 0 heterocycles. The minimum atomic E-state index is -0.261. The van der Waals surface area contributed by atoms with E-state index in [-0.39, 0.29) is 5.82 Å². The first-order valence-corrected chi connectivity index (χ1v) is 11.5. The summed E-state index contributed by atoms with van der Waals surface area (Å²) in [6, 6.07) is 19.0. The zero-order valence-electron chi connectivity index (χ0n) is 18.6. The lowest BCUT2D eigenvalue weighted by Crippen LogP contribution is -2.13. The van der Waals surface area contributed by atoms with Gasteiger partial charge in [0.05, 0.1) is 17.2 Å². The fraction of sp³-hybridized carbons (Fsp3) is 0.300. The van der Waals surface area contributed by atoms with Gasteiger partial charge in [-0.3, -0.25) is 0 Å². The standard InChI is InChI=1S/C30H28FN/c1-2-3-4-5-22-10-13-25(14-11-22)27-18-19-29-28(20-27)17-16-26(30(29)31)15-12-23-6-8-24(21-32)9-7-23/h2-3,6-9,16-20,22,25H,4-5,10-11,13-14H2,1H3/b3-2+. The SMILES string of the molecule is C/C=C/CCC1CCC(c2ccc3c(F)c(C#Cc4ccc(C#N)cc4)ccc3c2)CC1. The summed E-state index contributed by atoms with van der Waals surface area (Å²) in [4.78, 5) is 0. The van der Waals surface area contributed by atoms with Crippen molar-refractivity contribution >= 4 is 10.8 Å². The normalized spacial score (nSPS) is 18.3. The third kappa shape index (κ3) is 5.09. The van der Waals surface area contributed by atoms with Gasteiger partial charge in [0.15, 0.2) is 0 Å². The second-order valence-corrected chi connectivity index (χ2v) is 8.71. The molecule has 1 nitrogen and oxygen atoms in total. The zero-order chi connectivity index (χ0) is 22.3. The second-order valence-electron chi connectivity index (χ2n) is 8.71. The molecule has 0 aromatic heterocycles. The van der Waals surface area contributed by atoms with E-state index in [0.29, 0.717) is 22.4 Å². The molecule has 1 saturated carbocycles. The Morgan fingerprint density at radius 1 is 0.938 bits per heavy atom. The van der Waals surface area contributed by atoms with E-state index in [0.717, 1.165) is 16.9 Å². The molecule has 0 radical (unpaired) electrons. The molecule has 32 heavy (non-hydrogen) atoms. The number of hydrogen-bond donors (Lipinski definition) is 0. The lowest BCUT2D eigenvalue weighted by atomic mass is 9.77. The predicted molar refractivity (Wildman–Crippen MR) is 130 cm³/mol. The molecular formula is C30H28FN. The molecule has 0 atom stereocenters. The third-order valence-electron chi connectivity index (χ3n) is 6.63. The first-order chi connectivity index (χ1) is 15.7. The van der Waals surface area contributed by atoms with Crippen molar-refractivity contribution in [3.8, 4) is 17.9 Å². The summed E-state index contributed by atoms with van der Waals surface area (Å²) in [5.74, 6) is 7.11. The van der Waals surface area contributed by atoms with E-state index in [9.17, 15) is 0 Å². The minimum Gasteiger partial charge on any atom is -0.205 e. The van der Waals surface area contributed by atoms with Crippen molar-refractivity contribution in [1.29, 1.82) is 5.26 Å². The van der Waals surface area contributed by atoms with Gasteiger partial charge < -0.3 is 0 Å². The molecule has 160 valence electrons. The first-order valence-electron chi connectivity index (χ1n) is 11.5. The van der Waals surface area contributed by atoms with Gasteiger partial charge in [-0.25, -0.2) is 4.39 Å². The Morgan fingerprint density at radius 2 is 1.69 bits per heavy atom. The van der Waals surface area contributed by atoms with E-state index in [2.05, 4.69) is 49.1 Å². The Hall–Kier alpha value is -3.36. The topological polar surface area (TPSA) is 23.8 Å². The lowest BCUT2D eigenvalue weighted by molar-refractivity contribution is 0.312. The molecule has 3 aromatic carbocycles. The predicted octanol–water partition coefficient (Wildman–Crippen LogP) is 7.88. The Balaban J connectivity index is 1.48. The van der Waals surface area contributed by atoms with Crippen LogP contribution in [0.1, 0.15) is 73.6 Å². The Kier molecular flexibility index (Phi) is 7.03. The van der Waals surface area contributed by atoms with Crippen LogP contribution in [0, 0.1) is 34.9 Å². The number of nitrogens with zero attached hydrogens (tertiary/aromatic N) is 1. The molecule has 1 fully saturated rings. The van der Waals surface area contributed by atoms with Gasteiger partial charge >= 0.3 is 0 Å². The van der Waals surface area contributed by atoms with Crippen molar-refractivity contribution in [1.82, 2.24) is 0 Å². The first kappa shape index (κ1) is 21.9. The molecule has 3 aromatic rings. The van der Waals surface area contributed by atoms with E-state index < -0.39 is 0 Å². The van der Waals surface area contributed by atoms with Gasteiger partial charge in [-0.05, 0) is 98.6 Å². The van der Waals surface area contributed by atoms with Gasteiger partial charge in [0.1, 0.15) is 5.82 Å². The van der Waals surface area contributed by atoms with Crippen LogP contribution in [0.25, 0.3) is 10.8 Å². The van der Waals surface area contributed by atoms with Crippen LogP contribution in [0.4, 0.5) is 4.39 Å². The van der Waals surface area contributed by atoms with E-state index >= 15 is 4.39 Å². The van der Waals surface area contributed by atoms with Crippen LogP contribution in [0.3, 0.4) is 0 Å². The monoisotopic (exact) mass is 421 g/mol. The smallest absolute Gasteiger partial charge is 0.146 e. The highest BCUT2D eigenvalue weighted by atomic mass is 19.1. The third-order valence-corrected chi connectivity index (χ3v) is 6.63. The van der Waals surface area contributed by atoms with Crippen molar-refractivity contribution in [2.24, 2.45) is 5.92 Å². The van der Waals surface area contributed by atoms with Crippen LogP contribution in [0.5, 0.6) is 0 Å². The van der Waals surface area contributed by atoms with Crippen LogP contribution in [0.2, 0.25) is 0 Å². The summed E-state index contributed by atoms with van der Waals surface area (Å²) in [5.41, 5.74) is 3.09. The molecule has 4 rings (SSSR count). The minimum absolute atomic E-state index is 0.261. The van der Waals surface area contributed by atoms with Crippen molar-refractivity contribution in [2.45, 2.75) is 51.4 Å². The number of benzene rings is 3. The van der Waals surface area contributed by atoms with Crippen LogP contribution in [-0.4, -0.2) is 0 Å². The van der Waals surface area contributed by atoms with E-state index in [1.54, 1.807) is 30.3 Å². The molecule has 0 bridgehead atoms. The van der Waals surface area contributed by atoms with Crippen LogP contribution in [-0.2, 0) is 0 Å². The van der Waals surface area contributed by atoms with E-state index in [1.165, 1.54) is 44.1 Å². The summed E-state index contributed by atoms with van der Waals surface area (Å²) in [6.07, 6.45) is 11.9. The summed E-state index contributed by atoms with van der Waals surface area (Å²) < 4.78 is 15.1. The van der Waals surface area contributed by atoms with Crippen molar-refractivity contribution in [3.05, 3.63) is 94.8 Å². The molecule has 0 amide bonds. The molecule has 2 heteroatoms. The van der Waals surface area contributed by atoms with Crippen LogP contribution in [0.15, 0.2) is 66.7 Å². The maximum atomic E-state index is 15.1. The summed E-state index contributed by atoms with van der Waals surface area (Å²) in [7, 11) is 0. The Labute approximate surface area is 190 Å². The maximum Gasteiger partial charge on any atom is 0.146 e. The summed E-state index contributed by atoms with van der Waals surface area (Å²) >= 11 is 0. The van der Waals surface area contributed by atoms with Gasteiger partial charge in [-0.2, -0.15) is 5.26 Å². The number of halogens is 1. The molecule has 0 N–H and O–H groups in total.